The highest BCUT2D eigenvalue weighted by atomic mass is 32.1. The summed E-state index contributed by atoms with van der Waals surface area (Å²) in [5.74, 6) is 1.07. The quantitative estimate of drug-likeness (QED) is 0.861. The van der Waals surface area contributed by atoms with E-state index in [9.17, 15) is 4.79 Å². The Morgan fingerprint density at radius 3 is 3.00 bits per heavy atom. The molecule has 4 nitrogen and oxygen atoms in total. The summed E-state index contributed by atoms with van der Waals surface area (Å²) in [6, 6.07) is 2.43. The monoisotopic (exact) mass is 318 g/mol. The van der Waals surface area contributed by atoms with Crippen LogP contribution in [0.3, 0.4) is 0 Å². The van der Waals surface area contributed by atoms with Gasteiger partial charge in [-0.15, -0.1) is 11.3 Å². The SMILES string of the molecule is CC[C@@H]1c2ccsc2CCN1C(=O)CCc1c(C)noc1C. The smallest absolute Gasteiger partial charge is 0.223 e. The van der Waals surface area contributed by atoms with Gasteiger partial charge in [-0.2, -0.15) is 0 Å². The molecule has 0 radical (unpaired) electrons. The second-order valence-electron chi connectivity index (χ2n) is 5.86. The van der Waals surface area contributed by atoms with Gasteiger partial charge in [0.15, 0.2) is 0 Å². The minimum absolute atomic E-state index is 0.240. The topological polar surface area (TPSA) is 46.3 Å². The van der Waals surface area contributed by atoms with Crippen molar-refractivity contribution < 1.29 is 9.32 Å². The lowest BCUT2D eigenvalue weighted by atomic mass is 9.97. The molecule has 0 aliphatic carbocycles. The summed E-state index contributed by atoms with van der Waals surface area (Å²) in [6.07, 6.45) is 3.20. The van der Waals surface area contributed by atoms with Gasteiger partial charge in [-0.25, -0.2) is 0 Å². The molecular weight excluding hydrogens is 296 g/mol. The largest absolute Gasteiger partial charge is 0.361 e. The Balaban J connectivity index is 1.70. The second kappa shape index (κ2) is 6.24. The van der Waals surface area contributed by atoms with Crippen molar-refractivity contribution in [2.24, 2.45) is 0 Å². The number of fused-ring (bicyclic) bond motifs is 1. The first kappa shape index (κ1) is 15.3. The third-order valence-corrected chi connectivity index (χ3v) is 5.57. The van der Waals surface area contributed by atoms with Crippen molar-refractivity contribution in [2.75, 3.05) is 6.54 Å². The van der Waals surface area contributed by atoms with Crippen LogP contribution < -0.4 is 0 Å². The third kappa shape index (κ3) is 2.70. The molecule has 0 fully saturated rings. The number of carbonyl (C=O) groups is 1. The Hall–Kier alpha value is -1.62. The Morgan fingerprint density at radius 2 is 2.32 bits per heavy atom. The number of thiophene rings is 1. The van der Waals surface area contributed by atoms with Crippen molar-refractivity contribution in [3.05, 3.63) is 38.9 Å². The molecule has 1 aliphatic rings. The van der Waals surface area contributed by atoms with Gasteiger partial charge in [0.25, 0.3) is 0 Å². The molecule has 2 aromatic heterocycles. The van der Waals surface area contributed by atoms with Crippen LogP contribution in [0.2, 0.25) is 0 Å². The Bertz CT molecular complexity index is 655. The molecular formula is C17H22N2O2S. The molecule has 1 aliphatic heterocycles. The lowest BCUT2D eigenvalue weighted by Gasteiger charge is -2.35. The first-order valence-corrected chi connectivity index (χ1v) is 8.77. The molecule has 1 atom stereocenters. The van der Waals surface area contributed by atoms with Gasteiger partial charge in [0, 0.05) is 23.4 Å². The van der Waals surface area contributed by atoms with Crippen LogP contribution in [-0.2, 0) is 17.6 Å². The molecule has 2 aromatic rings. The Morgan fingerprint density at radius 1 is 1.50 bits per heavy atom. The maximum Gasteiger partial charge on any atom is 0.223 e. The first-order chi connectivity index (χ1) is 10.6. The predicted octanol–water partition coefficient (Wildman–Crippen LogP) is 3.82. The van der Waals surface area contributed by atoms with Gasteiger partial charge in [-0.05, 0) is 50.1 Å². The number of nitrogens with zero attached hydrogens (tertiary/aromatic N) is 2. The van der Waals surface area contributed by atoms with E-state index in [0.29, 0.717) is 12.8 Å². The molecule has 5 heteroatoms. The number of hydrogen-bond acceptors (Lipinski definition) is 4. The van der Waals surface area contributed by atoms with Crippen molar-refractivity contribution in [3.8, 4) is 0 Å². The molecule has 1 amide bonds. The fourth-order valence-corrected chi connectivity index (χ4v) is 4.30. The van der Waals surface area contributed by atoms with Crippen molar-refractivity contribution in [2.45, 2.75) is 52.5 Å². The van der Waals surface area contributed by atoms with E-state index < -0.39 is 0 Å². The highest BCUT2D eigenvalue weighted by Gasteiger charge is 2.30. The minimum Gasteiger partial charge on any atom is -0.361 e. The fraction of sp³-hybridized carbons (Fsp3) is 0.529. The minimum atomic E-state index is 0.240. The molecule has 0 aromatic carbocycles. The Kier molecular flexibility index (Phi) is 4.34. The van der Waals surface area contributed by atoms with Crippen LogP contribution in [0.1, 0.15) is 53.3 Å². The molecule has 118 valence electrons. The molecule has 0 spiro atoms. The summed E-state index contributed by atoms with van der Waals surface area (Å²) in [5, 5.41) is 6.11. The highest BCUT2D eigenvalue weighted by molar-refractivity contribution is 7.10. The van der Waals surface area contributed by atoms with Gasteiger partial charge in [-0.1, -0.05) is 12.1 Å². The zero-order valence-corrected chi connectivity index (χ0v) is 14.2. The number of hydrogen-bond donors (Lipinski definition) is 0. The van der Waals surface area contributed by atoms with Gasteiger partial charge in [-0.3, -0.25) is 4.79 Å². The molecule has 3 rings (SSSR count). The summed E-state index contributed by atoms with van der Waals surface area (Å²) in [6.45, 7) is 6.84. The lowest BCUT2D eigenvalue weighted by molar-refractivity contribution is -0.134. The zero-order chi connectivity index (χ0) is 15.7. The van der Waals surface area contributed by atoms with E-state index in [2.05, 4.69) is 28.4 Å². The van der Waals surface area contributed by atoms with Crippen LogP contribution in [0, 0.1) is 13.8 Å². The van der Waals surface area contributed by atoms with E-state index >= 15 is 0 Å². The standard InChI is InChI=1S/C17H22N2O2S/c1-4-15-14-8-10-22-16(14)7-9-19(15)17(20)6-5-13-11(2)18-21-12(13)3/h8,10,15H,4-7,9H2,1-3H3/t15-/m1/s1. The van der Waals surface area contributed by atoms with E-state index in [1.807, 2.05) is 25.2 Å². The second-order valence-corrected chi connectivity index (χ2v) is 6.86. The van der Waals surface area contributed by atoms with Crippen LogP contribution in [0.5, 0.6) is 0 Å². The summed E-state index contributed by atoms with van der Waals surface area (Å²) in [5.41, 5.74) is 3.33. The molecule has 0 bridgehead atoms. The lowest BCUT2D eigenvalue weighted by Crippen LogP contribution is -2.39. The van der Waals surface area contributed by atoms with Crippen LogP contribution in [0.4, 0.5) is 0 Å². The predicted molar refractivity (Wildman–Crippen MR) is 87.1 cm³/mol. The van der Waals surface area contributed by atoms with E-state index in [-0.39, 0.29) is 11.9 Å². The normalized spacial score (nSPS) is 17.6. The average molecular weight is 318 g/mol. The van der Waals surface area contributed by atoms with Crippen LogP contribution in [-0.4, -0.2) is 22.5 Å². The van der Waals surface area contributed by atoms with Gasteiger partial charge >= 0.3 is 0 Å². The van der Waals surface area contributed by atoms with E-state index in [1.165, 1.54) is 10.4 Å². The van der Waals surface area contributed by atoms with E-state index in [0.717, 1.165) is 36.4 Å². The molecule has 0 saturated carbocycles. The Labute approximate surface area is 135 Å². The van der Waals surface area contributed by atoms with Crippen molar-refractivity contribution in [1.29, 1.82) is 0 Å². The van der Waals surface area contributed by atoms with Crippen molar-refractivity contribution in [3.63, 3.8) is 0 Å². The zero-order valence-electron chi connectivity index (χ0n) is 13.4. The maximum atomic E-state index is 12.7. The van der Waals surface area contributed by atoms with E-state index in [1.54, 1.807) is 0 Å². The maximum absolute atomic E-state index is 12.7. The number of aryl methyl sites for hydroxylation is 2. The summed E-state index contributed by atoms with van der Waals surface area (Å²) in [7, 11) is 0. The van der Waals surface area contributed by atoms with Gasteiger partial charge < -0.3 is 9.42 Å². The molecule has 3 heterocycles. The molecule has 22 heavy (non-hydrogen) atoms. The van der Waals surface area contributed by atoms with Crippen LogP contribution in [0.25, 0.3) is 0 Å². The van der Waals surface area contributed by atoms with Crippen LogP contribution in [0.15, 0.2) is 16.0 Å². The summed E-state index contributed by atoms with van der Waals surface area (Å²) < 4.78 is 5.18. The van der Waals surface area contributed by atoms with Crippen molar-refractivity contribution in [1.82, 2.24) is 10.1 Å². The van der Waals surface area contributed by atoms with Crippen LogP contribution >= 0.6 is 11.3 Å². The highest BCUT2D eigenvalue weighted by Crippen LogP contribution is 2.35. The summed E-state index contributed by atoms with van der Waals surface area (Å²) in [4.78, 5) is 16.2. The number of rotatable bonds is 4. The van der Waals surface area contributed by atoms with Gasteiger partial charge in [0.05, 0.1) is 11.7 Å². The number of aromatic nitrogens is 1. The number of amides is 1. The number of carbonyl (C=O) groups excluding carboxylic acids is 1. The third-order valence-electron chi connectivity index (χ3n) is 4.57. The van der Waals surface area contributed by atoms with Crippen molar-refractivity contribution >= 4 is 17.2 Å². The first-order valence-electron chi connectivity index (χ1n) is 7.89. The molecule has 0 N–H and O–H groups in total. The van der Waals surface area contributed by atoms with Gasteiger partial charge in [0.2, 0.25) is 5.91 Å². The van der Waals surface area contributed by atoms with Gasteiger partial charge in [0.1, 0.15) is 5.76 Å². The van der Waals surface area contributed by atoms with E-state index in [4.69, 9.17) is 4.52 Å². The molecule has 0 saturated heterocycles. The average Bonchev–Trinajstić information content (AvgIpc) is 3.11. The molecule has 0 unspecified atom stereocenters. The summed E-state index contributed by atoms with van der Waals surface area (Å²) >= 11 is 1.81. The fourth-order valence-electron chi connectivity index (χ4n) is 3.37.